The van der Waals surface area contributed by atoms with Crippen molar-refractivity contribution in [2.75, 3.05) is 5.73 Å². The molecule has 2 N–H and O–H groups in total. The number of rotatable bonds is 4. The van der Waals surface area contributed by atoms with E-state index in [2.05, 4.69) is 37.9 Å². The van der Waals surface area contributed by atoms with E-state index in [1.165, 1.54) is 11.3 Å². The summed E-state index contributed by atoms with van der Waals surface area (Å²) in [6, 6.07) is 3.83. The van der Waals surface area contributed by atoms with E-state index in [0.29, 0.717) is 34.1 Å². The van der Waals surface area contributed by atoms with Gasteiger partial charge < -0.3 is 10.3 Å². The predicted octanol–water partition coefficient (Wildman–Crippen LogP) is 2.73. The van der Waals surface area contributed by atoms with Gasteiger partial charge in [0, 0.05) is 12.2 Å². The number of aromatic nitrogens is 3. The molecule has 0 atom stereocenters. The van der Waals surface area contributed by atoms with Crippen molar-refractivity contribution < 1.29 is 0 Å². The fourth-order valence-electron chi connectivity index (χ4n) is 2.16. The highest BCUT2D eigenvalue weighted by Crippen LogP contribution is 2.23. The molecule has 2 heterocycles. The molecule has 2 aromatic rings. The van der Waals surface area contributed by atoms with E-state index in [9.17, 15) is 4.79 Å². The zero-order valence-electron chi connectivity index (χ0n) is 12.3. The molecule has 0 aliphatic carbocycles. The highest BCUT2D eigenvalue weighted by atomic mass is 32.1. The molecule has 20 heavy (non-hydrogen) atoms. The first-order valence-electron chi connectivity index (χ1n) is 6.73. The van der Waals surface area contributed by atoms with Crippen molar-refractivity contribution in [3.8, 4) is 10.6 Å². The van der Waals surface area contributed by atoms with Gasteiger partial charge in [0.1, 0.15) is 0 Å². The van der Waals surface area contributed by atoms with Gasteiger partial charge in [0.15, 0.2) is 5.01 Å². The molecular weight excluding hydrogens is 272 g/mol. The first-order chi connectivity index (χ1) is 9.40. The number of nitrogens with zero attached hydrogens (tertiary/aromatic N) is 3. The van der Waals surface area contributed by atoms with E-state index in [1.807, 2.05) is 16.7 Å². The Bertz CT molecular complexity index is 657. The van der Waals surface area contributed by atoms with Gasteiger partial charge in [-0.15, -0.1) is 10.2 Å². The van der Waals surface area contributed by atoms with E-state index >= 15 is 0 Å². The molecule has 0 saturated carbocycles. The normalized spacial score (nSPS) is 11.5. The van der Waals surface area contributed by atoms with E-state index < -0.39 is 0 Å². The Balaban J connectivity index is 2.59. The third-order valence-corrected chi connectivity index (χ3v) is 3.80. The van der Waals surface area contributed by atoms with E-state index in [0.717, 1.165) is 5.69 Å². The van der Waals surface area contributed by atoms with Crippen molar-refractivity contribution in [2.24, 2.45) is 5.92 Å². The molecule has 0 amide bonds. The van der Waals surface area contributed by atoms with Crippen molar-refractivity contribution in [1.82, 2.24) is 14.8 Å². The molecule has 0 bridgehead atoms. The second kappa shape index (κ2) is 5.75. The minimum Gasteiger partial charge on any atom is -0.374 e. The van der Waals surface area contributed by atoms with Crippen molar-refractivity contribution in [3.05, 3.63) is 28.2 Å². The Morgan fingerprint density at radius 3 is 2.45 bits per heavy atom. The van der Waals surface area contributed by atoms with Gasteiger partial charge >= 0.3 is 0 Å². The van der Waals surface area contributed by atoms with Crippen molar-refractivity contribution in [2.45, 2.75) is 40.2 Å². The molecule has 0 unspecified atom stereocenters. The van der Waals surface area contributed by atoms with Crippen molar-refractivity contribution >= 4 is 16.5 Å². The molecule has 0 aliphatic rings. The monoisotopic (exact) mass is 292 g/mol. The quantitative estimate of drug-likeness (QED) is 0.940. The van der Waals surface area contributed by atoms with E-state index in [1.54, 1.807) is 0 Å². The lowest BCUT2D eigenvalue weighted by atomic mass is 10.1. The number of anilines is 1. The molecular formula is C14H20N4OS. The van der Waals surface area contributed by atoms with Crippen LogP contribution in [0.1, 0.15) is 39.3 Å². The number of nitrogens with two attached hydrogens (primary N) is 1. The van der Waals surface area contributed by atoms with Gasteiger partial charge in [0.05, 0.1) is 5.56 Å². The number of nitrogen functional groups attached to an aromatic ring is 1. The van der Waals surface area contributed by atoms with Gasteiger partial charge in [-0.3, -0.25) is 4.79 Å². The summed E-state index contributed by atoms with van der Waals surface area (Å²) in [4.78, 5) is 12.7. The third kappa shape index (κ3) is 2.90. The maximum atomic E-state index is 12.7. The van der Waals surface area contributed by atoms with Crippen LogP contribution >= 0.6 is 11.3 Å². The topological polar surface area (TPSA) is 73.8 Å². The fraction of sp³-hybridized carbons (Fsp3) is 0.500. The average molecular weight is 292 g/mol. The molecule has 2 aromatic heterocycles. The van der Waals surface area contributed by atoms with Gasteiger partial charge in [-0.2, -0.15) is 0 Å². The van der Waals surface area contributed by atoms with Gasteiger partial charge in [0.2, 0.25) is 5.13 Å². The molecule has 2 rings (SSSR count). The molecule has 0 aliphatic heterocycles. The molecule has 0 fully saturated rings. The average Bonchev–Trinajstić information content (AvgIpc) is 2.77. The van der Waals surface area contributed by atoms with Crippen LogP contribution in [-0.2, 0) is 6.54 Å². The third-order valence-electron chi connectivity index (χ3n) is 3.02. The second-order valence-electron chi connectivity index (χ2n) is 5.58. The lowest BCUT2D eigenvalue weighted by Crippen LogP contribution is -2.27. The molecule has 108 valence electrons. The number of pyridine rings is 1. The van der Waals surface area contributed by atoms with Crippen molar-refractivity contribution in [1.29, 1.82) is 0 Å². The summed E-state index contributed by atoms with van der Waals surface area (Å²) in [7, 11) is 0. The Hall–Kier alpha value is -1.69. The largest absolute Gasteiger partial charge is 0.374 e. The maximum absolute atomic E-state index is 12.7. The Kier molecular flexibility index (Phi) is 4.23. The van der Waals surface area contributed by atoms with E-state index in [-0.39, 0.29) is 5.56 Å². The summed E-state index contributed by atoms with van der Waals surface area (Å²) in [5.41, 5.74) is 7.21. The van der Waals surface area contributed by atoms with Crippen LogP contribution in [0.4, 0.5) is 5.13 Å². The van der Waals surface area contributed by atoms with Gasteiger partial charge in [0.25, 0.3) is 5.56 Å². The molecule has 0 radical (unpaired) electrons. The highest BCUT2D eigenvalue weighted by molar-refractivity contribution is 7.18. The standard InChI is InChI=1S/C14H20N4OS/c1-8(2)7-18-11(9(3)4)6-5-10(13(18)19)12-16-17-14(15)20-12/h5-6,8-9H,7H2,1-4H3,(H2,15,17). The highest BCUT2D eigenvalue weighted by Gasteiger charge is 2.16. The summed E-state index contributed by atoms with van der Waals surface area (Å²) in [5, 5.41) is 8.71. The summed E-state index contributed by atoms with van der Waals surface area (Å²) < 4.78 is 1.85. The lowest BCUT2D eigenvalue weighted by molar-refractivity contribution is 0.488. The first kappa shape index (κ1) is 14.7. The SMILES string of the molecule is CC(C)Cn1c(C(C)C)ccc(-c2nnc(N)s2)c1=O. The minimum atomic E-state index is -0.0129. The summed E-state index contributed by atoms with van der Waals surface area (Å²) in [6.45, 7) is 9.09. The molecule has 0 aromatic carbocycles. The fourth-order valence-corrected chi connectivity index (χ4v) is 2.78. The number of hydrogen-bond acceptors (Lipinski definition) is 5. The van der Waals surface area contributed by atoms with Crippen LogP contribution in [0.3, 0.4) is 0 Å². The predicted molar refractivity (Wildman–Crippen MR) is 82.9 cm³/mol. The van der Waals surface area contributed by atoms with Crippen LogP contribution in [0.25, 0.3) is 10.6 Å². The summed E-state index contributed by atoms with van der Waals surface area (Å²) >= 11 is 1.24. The van der Waals surface area contributed by atoms with E-state index in [4.69, 9.17) is 5.73 Å². The van der Waals surface area contributed by atoms with Crippen LogP contribution < -0.4 is 11.3 Å². The molecule has 0 saturated heterocycles. The van der Waals surface area contributed by atoms with Crippen LogP contribution in [0.2, 0.25) is 0 Å². The minimum absolute atomic E-state index is 0.0129. The van der Waals surface area contributed by atoms with Gasteiger partial charge in [-0.25, -0.2) is 0 Å². The zero-order chi connectivity index (χ0) is 14.9. The molecule has 0 spiro atoms. The van der Waals surface area contributed by atoms with Crippen LogP contribution in [-0.4, -0.2) is 14.8 Å². The Morgan fingerprint density at radius 1 is 1.25 bits per heavy atom. The van der Waals surface area contributed by atoms with Crippen LogP contribution in [0.5, 0.6) is 0 Å². The van der Waals surface area contributed by atoms with Crippen molar-refractivity contribution in [3.63, 3.8) is 0 Å². The zero-order valence-corrected chi connectivity index (χ0v) is 13.1. The van der Waals surface area contributed by atoms with Crippen LogP contribution in [0, 0.1) is 5.92 Å². The first-order valence-corrected chi connectivity index (χ1v) is 7.55. The Morgan fingerprint density at radius 2 is 1.95 bits per heavy atom. The smallest absolute Gasteiger partial charge is 0.261 e. The number of hydrogen-bond donors (Lipinski definition) is 1. The Labute approximate surface area is 122 Å². The van der Waals surface area contributed by atoms with Gasteiger partial charge in [-0.1, -0.05) is 39.0 Å². The lowest BCUT2D eigenvalue weighted by Gasteiger charge is -2.18. The molecule has 6 heteroatoms. The maximum Gasteiger partial charge on any atom is 0.261 e. The second-order valence-corrected chi connectivity index (χ2v) is 6.59. The van der Waals surface area contributed by atoms with Gasteiger partial charge in [-0.05, 0) is 24.0 Å². The summed E-state index contributed by atoms with van der Waals surface area (Å²) in [5.74, 6) is 0.704. The van der Waals surface area contributed by atoms with Crippen LogP contribution in [0.15, 0.2) is 16.9 Å². The molecule has 5 nitrogen and oxygen atoms in total. The summed E-state index contributed by atoms with van der Waals surface area (Å²) in [6.07, 6.45) is 0.